The van der Waals surface area contributed by atoms with Gasteiger partial charge in [0.15, 0.2) is 0 Å². The molecule has 1 heterocycles. The van der Waals surface area contributed by atoms with Gasteiger partial charge in [-0.2, -0.15) is 0 Å². The highest BCUT2D eigenvalue weighted by Gasteiger charge is 2.12. The Kier molecular flexibility index (Phi) is 4.83. The summed E-state index contributed by atoms with van der Waals surface area (Å²) < 4.78 is 5.83. The molecular weight excluding hydrogens is 248 g/mol. The van der Waals surface area contributed by atoms with E-state index in [0.717, 1.165) is 48.3 Å². The zero-order valence-electron chi connectivity index (χ0n) is 12.9. The smallest absolute Gasteiger partial charge is 0.145 e. The molecule has 0 fully saturated rings. The van der Waals surface area contributed by atoms with E-state index in [9.17, 15) is 0 Å². The van der Waals surface area contributed by atoms with E-state index in [-0.39, 0.29) is 0 Å². The van der Waals surface area contributed by atoms with Crippen molar-refractivity contribution in [1.82, 2.24) is 4.98 Å². The maximum atomic E-state index is 5.83. The Morgan fingerprint density at radius 3 is 2.65 bits per heavy atom. The number of aryl methyl sites for hydroxylation is 1. The van der Waals surface area contributed by atoms with Crippen molar-refractivity contribution in [3.05, 3.63) is 29.5 Å². The van der Waals surface area contributed by atoms with Crippen LogP contribution in [0.4, 0.5) is 5.69 Å². The molecule has 108 valence electrons. The number of rotatable bonds is 6. The molecule has 0 bridgehead atoms. The number of anilines is 1. The Hall–Kier alpha value is -1.77. The molecule has 1 aromatic heterocycles. The van der Waals surface area contributed by atoms with Crippen LogP contribution in [0, 0.1) is 13.8 Å². The van der Waals surface area contributed by atoms with Crippen LogP contribution in [-0.4, -0.2) is 18.1 Å². The quantitative estimate of drug-likeness (QED) is 0.843. The summed E-state index contributed by atoms with van der Waals surface area (Å²) in [5.74, 6) is 0.881. The molecule has 1 aromatic carbocycles. The van der Waals surface area contributed by atoms with Gasteiger partial charge < -0.3 is 10.1 Å². The molecule has 1 N–H and O–H groups in total. The Morgan fingerprint density at radius 2 is 1.95 bits per heavy atom. The molecule has 20 heavy (non-hydrogen) atoms. The third-order valence-electron chi connectivity index (χ3n) is 3.48. The van der Waals surface area contributed by atoms with Gasteiger partial charge in [-0.1, -0.05) is 26.0 Å². The fourth-order valence-electron chi connectivity index (χ4n) is 2.28. The summed E-state index contributed by atoms with van der Waals surface area (Å²) in [6.07, 6.45) is 2.11. The number of hydrogen-bond donors (Lipinski definition) is 1. The maximum absolute atomic E-state index is 5.83. The summed E-state index contributed by atoms with van der Waals surface area (Å²) >= 11 is 0. The van der Waals surface area contributed by atoms with E-state index in [1.165, 1.54) is 11.3 Å². The molecule has 3 heteroatoms. The lowest BCUT2D eigenvalue weighted by Gasteiger charge is -2.16. The average Bonchev–Trinajstić information content (AvgIpc) is 2.46. The Balaban J connectivity index is 2.56. The van der Waals surface area contributed by atoms with Crippen LogP contribution in [-0.2, 0) is 0 Å². The third-order valence-corrected chi connectivity index (χ3v) is 3.48. The summed E-state index contributed by atoms with van der Waals surface area (Å²) in [5, 5.41) is 4.68. The fourth-order valence-corrected chi connectivity index (χ4v) is 2.28. The van der Waals surface area contributed by atoms with Crippen molar-refractivity contribution in [2.45, 2.75) is 40.5 Å². The average molecular weight is 272 g/mol. The molecule has 0 amide bonds. The first-order valence-electron chi connectivity index (χ1n) is 7.45. The number of benzene rings is 1. The number of nitrogens with one attached hydrogen (secondary N) is 1. The summed E-state index contributed by atoms with van der Waals surface area (Å²) in [6.45, 7) is 10.2. The summed E-state index contributed by atoms with van der Waals surface area (Å²) in [5.41, 5.74) is 4.43. The molecule has 0 aliphatic heterocycles. The van der Waals surface area contributed by atoms with Gasteiger partial charge in [0.2, 0.25) is 0 Å². The summed E-state index contributed by atoms with van der Waals surface area (Å²) in [4.78, 5) is 4.73. The second-order valence-electron chi connectivity index (χ2n) is 5.12. The number of fused-ring (bicyclic) bond motifs is 1. The first-order chi connectivity index (χ1) is 9.69. The number of ether oxygens (including phenoxy) is 1. The van der Waals surface area contributed by atoms with Crippen LogP contribution < -0.4 is 10.1 Å². The van der Waals surface area contributed by atoms with Gasteiger partial charge >= 0.3 is 0 Å². The Bertz CT molecular complexity index is 593. The lowest BCUT2D eigenvalue weighted by molar-refractivity contribution is 0.320. The van der Waals surface area contributed by atoms with Gasteiger partial charge in [-0.25, -0.2) is 4.98 Å². The fraction of sp³-hybridized carbons (Fsp3) is 0.471. The molecule has 2 aromatic rings. The normalized spacial score (nSPS) is 10.8. The molecule has 0 saturated carbocycles. The second kappa shape index (κ2) is 6.60. The highest BCUT2D eigenvalue weighted by atomic mass is 16.5. The van der Waals surface area contributed by atoms with Crippen molar-refractivity contribution in [1.29, 1.82) is 0 Å². The van der Waals surface area contributed by atoms with Gasteiger partial charge in [0, 0.05) is 23.3 Å². The van der Waals surface area contributed by atoms with E-state index in [4.69, 9.17) is 9.72 Å². The lowest BCUT2D eigenvalue weighted by Crippen LogP contribution is -2.05. The number of hydrogen-bond acceptors (Lipinski definition) is 3. The Morgan fingerprint density at radius 1 is 1.15 bits per heavy atom. The monoisotopic (exact) mass is 272 g/mol. The van der Waals surface area contributed by atoms with Gasteiger partial charge in [-0.05, 0) is 38.3 Å². The zero-order valence-corrected chi connectivity index (χ0v) is 12.9. The Labute approximate surface area is 121 Å². The summed E-state index contributed by atoms with van der Waals surface area (Å²) in [7, 11) is 0. The molecule has 0 aliphatic rings. The predicted molar refractivity (Wildman–Crippen MR) is 85.8 cm³/mol. The maximum Gasteiger partial charge on any atom is 0.145 e. The van der Waals surface area contributed by atoms with Crippen molar-refractivity contribution < 1.29 is 4.74 Å². The van der Waals surface area contributed by atoms with Crippen LogP contribution in [0.5, 0.6) is 5.75 Å². The molecule has 3 nitrogen and oxygen atoms in total. The molecule has 0 aliphatic carbocycles. The lowest BCUT2D eigenvalue weighted by atomic mass is 10.1. The van der Waals surface area contributed by atoms with Crippen LogP contribution in [0.15, 0.2) is 18.2 Å². The first-order valence-corrected chi connectivity index (χ1v) is 7.45. The standard InChI is InChI=1S/C17H24N2O/c1-5-10-18-16-12(3)13(4)19-17-14(16)8-7-9-15(17)20-11-6-2/h7-9H,5-6,10-11H2,1-4H3,(H,18,19). The minimum atomic E-state index is 0.728. The minimum Gasteiger partial charge on any atom is -0.491 e. The van der Waals surface area contributed by atoms with Crippen LogP contribution in [0.3, 0.4) is 0 Å². The van der Waals surface area contributed by atoms with Crippen LogP contribution >= 0.6 is 0 Å². The second-order valence-corrected chi connectivity index (χ2v) is 5.12. The highest BCUT2D eigenvalue weighted by molar-refractivity contribution is 5.96. The van der Waals surface area contributed by atoms with E-state index in [0.29, 0.717) is 0 Å². The number of pyridine rings is 1. The van der Waals surface area contributed by atoms with Gasteiger partial charge in [0.1, 0.15) is 11.3 Å². The van der Waals surface area contributed by atoms with Crippen LogP contribution in [0.2, 0.25) is 0 Å². The van der Waals surface area contributed by atoms with Crippen molar-refractivity contribution in [3.8, 4) is 5.75 Å². The molecule has 0 saturated heterocycles. The zero-order chi connectivity index (χ0) is 14.5. The van der Waals surface area contributed by atoms with Gasteiger partial charge in [0.25, 0.3) is 0 Å². The highest BCUT2D eigenvalue weighted by Crippen LogP contribution is 2.33. The van der Waals surface area contributed by atoms with E-state index in [2.05, 4.69) is 39.1 Å². The van der Waals surface area contributed by atoms with Crippen LogP contribution in [0.25, 0.3) is 10.9 Å². The van der Waals surface area contributed by atoms with E-state index in [1.807, 2.05) is 12.1 Å². The number of para-hydroxylation sites is 1. The predicted octanol–water partition coefficient (Wildman–Crippen LogP) is 4.46. The van der Waals surface area contributed by atoms with Crippen molar-refractivity contribution in [2.75, 3.05) is 18.5 Å². The molecule has 0 radical (unpaired) electrons. The van der Waals surface area contributed by atoms with Crippen molar-refractivity contribution >= 4 is 16.6 Å². The molecule has 2 rings (SSSR count). The number of nitrogens with zero attached hydrogens (tertiary/aromatic N) is 1. The van der Waals surface area contributed by atoms with E-state index in [1.54, 1.807) is 0 Å². The molecule has 0 atom stereocenters. The van der Waals surface area contributed by atoms with Crippen molar-refractivity contribution in [2.24, 2.45) is 0 Å². The van der Waals surface area contributed by atoms with E-state index < -0.39 is 0 Å². The van der Waals surface area contributed by atoms with Crippen LogP contribution in [0.1, 0.15) is 37.9 Å². The van der Waals surface area contributed by atoms with E-state index >= 15 is 0 Å². The number of aromatic nitrogens is 1. The SMILES string of the molecule is CCCNc1c(C)c(C)nc2c(OCCC)cccc12. The summed E-state index contributed by atoms with van der Waals surface area (Å²) in [6, 6.07) is 6.16. The molecule has 0 spiro atoms. The minimum absolute atomic E-state index is 0.728. The third kappa shape index (κ3) is 2.87. The van der Waals surface area contributed by atoms with Gasteiger partial charge in [-0.15, -0.1) is 0 Å². The first kappa shape index (κ1) is 14.6. The van der Waals surface area contributed by atoms with Gasteiger partial charge in [0.05, 0.1) is 6.61 Å². The van der Waals surface area contributed by atoms with Gasteiger partial charge in [-0.3, -0.25) is 0 Å². The topological polar surface area (TPSA) is 34.2 Å². The molecular formula is C17H24N2O. The largest absolute Gasteiger partial charge is 0.491 e. The molecule has 0 unspecified atom stereocenters. The van der Waals surface area contributed by atoms with Crippen molar-refractivity contribution in [3.63, 3.8) is 0 Å².